The number of carbonyl (C=O) groups is 2. The summed E-state index contributed by atoms with van der Waals surface area (Å²) in [5, 5.41) is 0. The van der Waals surface area contributed by atoms with Gasteiger partial charge in [-0.1, -0.05) is 26.3 Å². The highest BCUT2D eigenvalue weighted by Gasteiger charge is 2.59. The van der Waals surface area contributed by atoms with Gasteiger partial charge in [0.2, 0.25) is 0 Å². The molecule has 0 aromatic rings. The second-order valence-electron chi connectivity index (χ2n) is 10.2. The summed E-state index contributed by atoms with van der Waals surface area (Å²) in [4.78, 5) is 24.8. The summed E-state index contributed by atoms with van der Waals surface area (Å²) in [6.45, 7) is 7.92. The maximum absolute atomic E-state index is 12.9. The van der Waals surface area contributed by atoms with E-state index in [1.54, 1.807) is 0 Å². The molecule has 3 fully saturated rings. The maximum atomic E-state index is 12.9. The minimum Gasteiger partial charge on any atom is -0.374 e. The zero-order valence-electron chi connectivity index (χ0n) is 17.4. The van der Waals surface area contributed by atoms with E-state index in [2.05, 4.69) is 20.8 Å². The molecule has 0 heterocycles. The number of ether oxygens (including phenoxy) is 1. The lowest BCUT2D eigenvalue weighted by Crippen LogP contribution is -2.51. The number of ketones is 2. The summed E-state index contributed by atoms with van der Waals surface area (Å²) in [5.41, 5.74) is 1.82. The Hall–Kier alpha value is -0.960. The average Bonchev–Trinajstić information content (AvgIpc) is 3.00. The fourth-order valence-electron chi connectivity index (χ4n) is 7.51. The van der Waals surface area contributed by atoms with Crippen molar-refractivity contribution in [1.29, 1.82) is 0 Å². The fourth-order valence-corrected chi connectivity index (χ4v) is 7.51. The smallest absolute Gasteiger partial charge is 0.162 e. The summed E-state index contributed by atoms with van der Waals surface area (Å²) in [6.07, 6.45) is 11.7. The predicted octanol–water partition coefficient (Wildman–Crippen LogP) is 5.13. The Morgan fingerprint density at radius 1 is 1.11 bits per heavy atom. The van der Waals surface area contributed by atoms with Crippen LogP contribution in [0.4, 0.5) is 0 Å². The highest BCUT2D eigenvalue weighted by atomic mass is 16.5. The predicted molar refractivity (Wildman–Crippen MR) is 106 cm³/mol. The topological polar surface area (TPSA) is 43.4 Å². The van der Waals surface area contributed by atoms with Crippen molar-refractivity contribution in [1.82, 2.24) is 0 Å². The van der Waals surface area contributed by atoms with E-state index >= 15 is 0 Å². The van der Waals surface area contributed by atoms with Crippen LogP contribution >= 0.6 is 0 Å². The van der Waals surface area contributed by atoms with Crippen molar-refractivity contribution >= 4 is 11.6 Å². The molecule has 3 nitrogen and oxygen atoms in total. The normalized spacial score (nSPS) is 43.5. The average molecular weight is 373 g/mol. The lowest BCUT2D eigenvalue weighted by molar-refractivity contribution is -0.135. The van der Waals surface area contributed by atoms with Gasteiger partial charge in [-0.3, -0.25) is 9.59 Å². The first-order chi connectivity index (χ1) is 12.9. The van der Waals surface area contributed by atoms with E-state index in [4.69, 9.17) is 4.74 Å². The summed E-state index contributed by atoms with van der Waals surface area (Å²) in [6, 6.07) is 0. The van der Waals surface area contributed by atoms with Gasteiger partial charge in [-0.15, -0.1) is 0 Å². The largest absolute Gasteiger partial charge is 0.374 e. The van der Waals surface area contributed by atoms with Crippen LogP contribution < -0.4 is 0 Å². The number of rotatable bonds is 5. The van der Waals surface area contributed by atoms with E-state index in [0.29, 0.717) is 36.6 Å². The van der Waals surface area contributed by atoms with Crippen LogP contribution in [-0.4, -0.2) is 24.8 Å². The van der Waals surface area contributed by atoms with Crippen molar-refractivity contribution in [2.75, 3.05) is 13.2 Å². The molecule has 0 spiro atoms. The van der Waals surface area contributed by atoms with E-state index in [-0.39, 0.29) is 16.7 Å². The molecule has 0 unspecified atom stereocenters. The zero-order chi connectivity index (χ0) is 19.2. The Labute approximate surface area is 164 Å². The van der Waals surface area contributed by atoms with E-state index in [9.17, 15) is 9.59 Å². The summed E-state index contributed by atoms with van der Waals surface area (Å²) < 4.78 is 5.60. The number of hydrogen-bond donors (Lipinski definition) is 0. The molecule has 0 aromatic heterocycles. The van der Waals surface area contributed by atoms with Crippen molar-refractivity contribution < 1.29 is 14.3 Å². The van der Waals surface area contributed by atoms with E-state index in [1.807, 2.05) is 6.08 Å². The lowest BCUT2D eigenvalue weighted by atomic mass is 9.46. The minimum atomic E-state index is 0.163. The number of allylic oxidation sites excluding steroid dienone is 1. The zero-order valence-corrected chi connectivity index (χ0v) is 17.4. The molecule has 27 heavy (non-hydrogen) atoms. The highest BCUT2D eigenvalue weighted by Crippen LogP contribution is 2.66. The van der Waals surface area contributed by atoms with Gasteiger partial charge in [0.25, 0.3) is 0 Å². The van der Waals surface area contributed by atoms with Crippen LogP contribution in [0.1, 0.15) is 78.6 Å². The molecule has 0 amide bonds. The molecule has 3 heteroatoms. The van der Waals surface area contributed by atoms with Crippen LogP contribution in [0.3, 0.4) is 0 Å². The molecule has 4 aliphatic carbocycles. The number of fused-ring (bicyclic) bond motifs is 5. The first-order valence-corrected chi connectivity index (χ1v) is 11.2. The van der Waals surface area contributed by atoms with Crippen molar-refractivity contribution in [2.45, 2.75) is 78.6 Å². The van der Waals surface area contributed by atoms with Gasteiger partial charge in [0.1, 0.15) is 6.61 Å². The Bertz CT molecular complexity index is 650. The van der Waals surface area contributed by atoms with Gasteiger partial charge in [0.05, 0.1) is 0 Å². The number of hydrogen-bond acceptors (Lipinski definition) is 3. The molecule has 0 radical (unpaired) electrons. The molecule has 150 valence electrons. The van der Waals surface area contributed by atoms with Crippen LogP contribution in [0.5, 0.6) is 0 Å². The van der Waals surface area contributed by atoms with Gasteiger partial charge in [-0.05, 0) is 86.0 Å². The number of Topliss-reactive ketones (excluding diaryl/α,β-unsaturated/α-hetero) is 1. The molecule has 0 saturated heterocycles. The van der Waals surface area contributed by atoms with E-state index < -0.39 is 0 Å². The lowest BCUT2D eigenvalue weighted by Gasteiger charge is -2.58. The van der Waals surface area contributed by atoms with Crippen LogP contribution in [0, 0.1) is 34.5 Å². The third-order valence-corrected chi connectivity index (χ3v) is 8.94. The first-order valence-electron chi connectivity index (χ1n) is 11.2. The third-order valence-electron chi connectivity index (χ3n) is 8.94. The van der Waals surface area contributed by atoms with Gasteiger partial charge in [0, 0.05) is 18.9 Å². The highest BCUT2D eigenvalue weighted by molar-refractivity contribution is 5.91. The summed E-state index contributed by atoms with van der Waals surface area (Å²) in [7, 11) is 0. The Balaban J connectivity index is 1.53. The molecule has 0 N–H and O–H groups in total. The van der Waals surface area contributed by atoms with Crippen molar-refractivity contribution in [3.05, 3.63) is 11.6 Å². The van der Waals surface area contributed by atoms with Crippen molar-refractivity contribution in [3.63, 3.8) is 0 Å². The van der Waals surface area contributed by atoms with E-state index in [1.165, 1.54) is 31.3 Å². The van der Waals surface area contributed by atoms with Gasteiger partial charge in [0.15, 0.2) is 11.6 Å². The molecule has 6 atom stereocenters. The molecule has 0 aromatic carbocycles. The fraction of sp³-hybridized carbons (Fsp3) is 0.833. The Kier molecular flexibility index (Phi) is 5.12. The Morgan fingerprint density at radius 2 is 1.93 bits per heavy atom. The second kappa shape index (κ2) is 7.13. The van der Waals surface area contributed by atoms with Gasteiger partial charge in [-0.25, -0.2) is 0 Å². The summed E-state index contributed by atoms with van der Waals surface area (Å²) >= 11 is 0. The van der Waals surface area contributed by atoms with Crippen LogP contribution in [0.15, 0.2) is 11.6 Å². The van der Waals surface area contributed by atoms with E-state index in [0.717, 1.165) is 38.0 Å². The van der Waals surface area contributed by atoms with Crippen LogP contribution in [-0.2, 0) is 14.3 Å². The van der Waals surface area contributed by atoms with Gasteiger partial charge in [-0.2, -0.15) is 0 Å². The summed E-state index contributed by atoms with van der Waals surface area (Å²) in [5.74, 6) is 2.98. The standard InChI is InChI=1S/C24H36O3/c1-4-13-27-15-22(26)21-8-7-19-18-6-5-16-14-17(25)9-11-23(16,2)20(18)10-12-24(19,21)3/h14,18-21H,4-13,15H2,1-3H3/t18-,19-,20-,21+,23-,24-/m0/s1. The van der Waals surface area contributed by atoms with Crippen LogP contribution in [0.25, 0.3) is 0 Å². The monoisotopic (exact) mass is 372 g/mol. The molecular formula is C24H36O3. The van der Waals surface area contributed by atoms with Crippen molar-refractivity contribution in [3.8, 4) is 0 Å². The molecular weight excluding hydrogens is 336 g/mol. The molecule has 4 rings (SSSR count). The maximum Gasteiger partial charge on any atom is 0.162 e. The molecule has 0 aliphatic heterocycles. The van der Waals surface area contributed by atoms with Gasteiger partial charge < -0.3 is 4.74 Å². The second-order valence-corrected chi connectivity index (χ2v) is 10.2. The third kappa shape index (κ3) is 3.05. The SMILES string of the molecule is CCCOCC(=O)[C@H]1CC[C@H]2[C@@H]3CCC4=CC(=O)CC[C@]4(C)[C@H]3CC[C@]12C. The molecule has 3 saturated carbocycles. The quantitative estimate of drug-likeness (QED) is 0.628. The molecule has 4 aliphatic rings. The van der Waals surface area contributed by atoms with Gasteiger partial charge >= 0.3 is 0 Å². The number of carbonyl (C=O) groups excluding carboxylic acids is 2. The Morgan fingerprint density at radius 3 is 2.70 bits per heavy atom. The first kappa shape index (κ1) is 19.4. The van der Waals surface area contributed by atoms with Crippen LogP contribution in [0.2, 0.25) is 0 Å². The molecule has 0 bridgehead atoms. The minimum absolute atomic E-state index is 0.163. The van der Waals surface area contributed by atoms with Crippen molar-refractivity contribution in [2.24, 2.45) is 34.5 Å².